The molecule has 104 valence electrons. The minimum Gasteiger partial charge on any atom is -0.350 e. The fourth-order valence-corrected chi connectivity index (χ4v) is 2.07. The fraction of sp³-hybridized carbons (Fsp3) is 0.846. The molecule has 0 spiro atoms. The predicted molar refractivity (Wildman–Crippen MR) is 71.1 cm³/mol. The molecule has 1 aliphatic rings. The van der Waals surface area contributed by atoms with E-state index in [-0.39, 0.29) is 23.9 Å². The van der Waals surface area contributed by atoms with Crippen LogP contribution in [0.1, 0.15) is 40.0 Å². The maximum atomic E-state index is 11.7. The molecule has 0 aromatic rings. The number of carbonyl (C=O) groups excluding carboxylic acids is 2. The summed E-state index contributed by atoms with van der Waals surface area (Å²) in [6.45, 7) is 7.77. The van der Waals surface area contributed by atoms with Gasteiger partial charge >= 0.3 is 0 Å². The van der Waals surface area contributed by atoms with Crippen LogP contribution >= 0.6 is 0 Å². The Bertz CT molecular complexity index is 291. The Hall–Kier alpha value is -1.10. The number of carbonyl (C=O) groups is 2. The largest absolute Gasteiger partial charge is 0.350 e. The van der Waals surface area contributed by atoms with Crippen LogP contribution < -0.4 is 16.0 Å². The number of nitrogens with one attached hydrogen (secondary N) is 3. The smallest absolute Gasteiger partial charge is 0.239 e. The molecule has 2 amide bonds. The molecule has 1 saturated heterocycles. The number of piperidine rings is 1. The molecule has 0 bridgehead atoms. The van der Waals surface area contributed by atoms with Gasteiger partial charge < -0.3 is 16.0 Å². The predicted octanol–water partition coefficient (Wildman–Crippen LogP) is 0.407. The molecule has 5 heteroatoms. The first-order valence-corrected chi connectivity index (χ1v) is 6.65. The average molecular weight is 255 g/mol. The second-order valence-electron chi connectivity index (χ2n) is 5.99. The third-order valence-corrected chi connectivity index (χ3v) is 2.83. The van der Waals surface area contributed by atoms with Crippen LogP contribution in [-0.4, -0.2) is 37.0 Å². The molecule has 0 saturated carbocycles. The molecule has 1 fully saturated rings. The SMILES string of the molecule is CC(C)(C)NC(=O)CNC(=O)CC1CCCNC1. The zero-order chi connectivity index (χ0) is 13.6. The van der Waals surface area contributed by atoms with Crippen LogP contribution in [0, 0.1) is 5.92 Å². The van der Waals surface area contributed by atoms with E-state index < -0.39 is 0 Å². The van der Waals surface area contributed by atoms with Gasteiger partial charge in [-0.2, -0.15) is 0 Å². The Kier molecular flexibility index (Phi) is 5.59. The van der Waals surface area contributed by atoms with Gasteiger partial charge in [0.1, 0.15) is 0 Å². The molecule has 3 N–H and O–H groups in total. The van der Waals surface area contributed by atoms with Crippen molar-refractivity contribution in [2.24, 2.45) is 5.92 Å². The Balaban J connectivity index is 2.18. The van der Waals surface area contributed by atoms with Crippen molar-refractivity contribution in [3.05, 3.63) is 0 Å². The van der Waals surface area contributed by atoms with E-state index in [0.29, 0.717) is 12.3 Å². The van der Waals surface area contributed by atoms with Crippen LogP contribution in [0.4, 0.5) is 0 Å². The Labute approximate surface area is 109 Å². The zero-order valence-corrected chi connectivity index (χ0v) is 11.6. The van der Waals surface area contributed by atoms with Gasteiger partial charge in [0.25, 0.3) is 0 Å². The molecule has 0 aliphatic carbocycles. The van der Waals surface area contributed by atoms with Gasteiger partial charge in [-0.1, -0.05) is 0 Å². The molecule has 1 aliphatic heterocycles. The van der Waals surface area contributed by atoms with E-state index in [0.717, 1.165) is 25.9 Å². The summed E-state index contributed by atoms with van der Waals surface area (Å²) < 4.78 is 0. The molecule has 18 heavy (non-hydrogen) atoms. The highest BCUT2D eigenvalue weighted by molar-refractivity contribution is 5.85. The summed E-state index contributed by atoms with van der Waals surface area (Å²) in [7, 11) is 0. The van der Waals surface area contributed by atoms with Gasteiger partial charge in [0.05, 0.1) is 6.54 Å². The van der Waals surface area contributed by atoms with Crippen LogP contribution in [0.15, 0.2) is 0 Å². The summed E-state index contributed by atoms with van der Waals surface area (Å²) in [6.07, 6.45) is 2.73. The molecule has 5 nitrogen and oxygen atoms in total. The van der Waals surface area contributed by atoms with Gasteiger partial charge in [0, 0.05) is 12.0 Å². The minimum absolute atomic E-state index is 0.0345. The lowest BCUT2D eigenvalue weighted by molar-refractivity contribution is -0.127. The standard InChI is InChI=1S/C13H25N3O2/c1-13(2,3)16-12(18)9-15-11(17)7-10-5-4-6-14-8-10/h10,14H,4-9H2,1-3H3,(H,15,17)(H,16,18). The van der Waals surface area contributed by atoms with Gasteiger partial charge in [-0.25, -0.2) is 0 Å². The third-order valence-electron chi connectivity index (χ3n) is 2.83. The lowest BCUT2D eigenvalue weighted by atomic mass is 9.96. The topological polar surface area (TPSA) is 70.2 Å². The quantitative estimate of drug-likeness (QED) is 0.681. The Morgan fingerprint density at radius 2 is 2.00 bits per heavy atom. The normalized spacial score (nSPS) is 20.3. The molecule has 0 aromatic carbocycles. The van der Waals surface area contributed by atoms with Gasteiger partial charge in [0.2, 0.25) is 11.8 Å². The van der Waals surface area contributed by atoms with Crippen molar-refractivity contribution >= 4 is 11.8 Å². The summed E-state index contributed by atoms with van der Waals surface area (Å²) in [6, 6.07) is 0. The van der Waals surface area contributed by atoms with Crippen LogP contribution in [0.25, 0.3) is 0 Å². The highest BCUT2D eigenvalue weighted by Crippen LogP contribution is 2.13. The van der Waals surface area contributed by atoms with E-state index in [1.807, 2.05) is 20.8 Å². The fourth-order valence-electron chi connectivity index (χ4n) is 2.07. The number of hydrogen-bond acceptors (Lipinski definition) is 3. The van der Waals surface area contributed by atoms with Crippen LogP contribution in [0.5, 0.6) is 0 Å². The van der Waals surface area contributed by atoms with E-state index in [9.17, 15) is 9.59 Å². The maximum absolute atomic E-state index is 11.7. The average Bonchev–Trinajstić information content (AvgIpc) is 2.25. The molecule has 1 heterocycles. The maximum Gasteiger partial charge on any atom is 0.239 e. The van der Waals surface area contributed by atoms with Gasteiger partial charge in [-0.15, -0.1) is 0 Å². The zero-order valence-electron chi connectivity index (χ0n) is 11.6. The van der Waals surface area contributed by atoms with Crippen molar-refractivity contribution in [2.75, 3.05) is 19.6 Å². The second-order valence-corrected chi connectivity index (χ2v) is 5.99. The highest BCUT2D eigenvalue weighted by atomic mass is 16.2. The van der Waals surface area contributed by atoms with Crippen molar-refractivity contribution < 1.29 is 9.59 Å². The lowest BCUT2D eigenvalue weighted by Gasteiger charge is -2.23. The summed E-state index contributed by atoms with van der Waals surface area (Å²) in [5.41, 5.74) is -0.255. The van der Waals surface area contributed by atoms with Crippen LogP contribution in [0.2, 0.25) is 0 Å². The van der Waals surface area contributed by atoms with Crippen LogP contribution in [-0.2, 0) is 9.59 Å². The third kappa shape index (κ3) is 6.59. The first-order valence-electron chi connectivity index (χ1n) is 6.65. The molecular formula is C13H25N3O2. The summed E-state index contributed by atoms with van der Waals surface area (Å²) in [5.74, 6) is 0.231. The van der Waals surface area contributed by atoms with Gasteiger partial charge in [-0.05, 0) is 52.6 Å². The first-order chi connectivity index (χ1) is 8.37. The summed E-state index contributed by atoms with van der Waals surface area (Å²) in [4.78, 5) is 23.2. The number of amides is 2. The van der Waals surface area contributed by atoms with E-state index in [4.69, 9.17) is 0 Å². The number of rotatable bonds is 4. The van der Waals surface area contributed by atoms with Crippen LogP contribution in [0.3, 0.4) is 0 Å². The van der Waals surface area contributed by atoms with E-state index in [2.05, 4.69) is 16.0 Å². The van der Waals surface area contributed by atoms with Gasteiger partial charge in [-0.3, -0.25) is 9.59 Å². The summed E-state index contributed by atoms with van der Waals surface area (Å²) >= 11 is 0. The van der Waals surface area contributed by atoms with E-state index >= 15 is 0 Å². The van der Waals surface area contributed by atoms with Crippen molar-refractivity contribution in [1.82, 2.24) is 16.0 Å². The Morgan fingerprint density at radius 3 is 2.56 bits per heavy atom. The minimum atomic E-state index is -0.255. The van der Waals surface area contributed by atoms with Crippen molar-refractivity contribution in [2.45, 2.75) is 45.6 Å². The molecule has 1 atom stereocenters. The van der Waals surface area contributed by atoms with Crippen molar-refractivity contribution in [3.8, 4) is 0 Å². The van der Waals surface area contributed by atoms with E-state index in [1.165, 1.54) is 0 Å². The van der Waals surface area contributed by atoms with Gasteiger partial charge in [0.15, 0.2) is 0 Å². The first kappa shape index (κ1) is 15.0. The molecule has 1 unspecified atom stereocenters. The number of hydrogen-bond donors (Lipinski definition) is 3. The summed E-state index contributed by atoms with van der Waals surface area (Å²) in [5, 5.41) is 8.76. The van der Waals surface area contributed by atoms with Crippen molar-refractivity contribution in [3.63, 3.8) is 0 Å². The highest BCUT2D eigenvalue weighted by Gasteiger charge is 2.18. The van der Waals surface area contributed by atoms with Crippen molar-refractivity contribution in [1.29, 1.82) is 0 Å². The lowest BCUT2D eigenvalue weighted by Crippen LogP contribution is -2.46. The monoisotopic (exact) mass is 255 g/mol. The molecule has 0 radical (unpaired) electrons. The molecule has 0 aromatic heterocycles. The Morgan fingerprint density at radius 1 is 1.28 bits per heavy atom. The molecular weight excluding hydrogens is 230 g/mol. The second kappa shape index (κ2) is 6.73. The van der Waals surface area contributed by atoms with E-state index in [1.54, 1.807) is 0 Å². The molecule has 1 rings (SSSR count).